The summed E-state index contributed by atoms with van der Waals surface area (Å²) in [7, 11) is 0. The summed E-state index contributed by atoms with van der Waals surface area (Å²) >= 11 is 5.90. The van der Waals surface area contributed by atoms with E-state index in [1.165, 1.54) is 11.6 Å². The van der Waals surface area contributed by atoms with Crippen LogP contribution in [-0.2, 0) is 13.0 Å². The molecule has 0 amide bonds. The molecular formula is C19H18ClFN4. The van der Waals surface area contributed by atoms with Gasteiger partial charge in [-0.2, -0.15) is 4.98 Å². The van der Waals surface area contributed by atoms with Gasteiger partial charge in [-0.1, -0.05) is 48.0 Å². The maximum absolute atomic E-state index is 13.4. The number of aromatic nitrogens is 2. The molecule has 0 fully saturated rings. The second kappa shape index (κ2) is 7.94. The largest absolute Gasteiger partial charge is 0.384 e. The lowest BCUT2D eigenvalue weighted by molar-refractivity contribution is 0.627. The van der Waals surface area contributed by atoms with Gasteiger partial charge in [0.15, 0.2) is 0 Å². The number of benzene rings is 2. The van der Waals surface area contributed by atoms with Gasteiger partial charge in [-0.05, 0) is 35.7 Å². The molecule has 4 nitrogen and oxygen atoms in total. The number of nitrogens with zero attached hydrogens (tertiary/aromatic N) is 3. The number of anilines is 2. The fourth-order valence-electron chi connectivity index (χ4n) is 2.53. The van der Waals surface area contributed by atoms with Gasteiger partial charge in [-0.3, -0.25) is 0 Å². The summed E-state index contributed by atoms with van der Waals surface area (Å²) in [5.41, 5.74) is 7.89. The highest BCUT2D eigenvalue weighted by atomic mass is 35.5. The molecule has 2 aromatic carbocycles. The van der Waals surface area contributed by atoms with Crippen molar-refractivity contribution >= 4 is 23.4 Å². The van der Waals surface area contributed by atoms with Crippen LogP contribution in [-0.4, -0.2) is 16.5 Å². The van der Waals surface area contributed by atoms with Crippen molar-refractivity contribution in [1.82, 2.24) is 9.97 Å². The van der Waals surface area contributed by atoms with Crippen molar-refractivity contribution in [3.63, 3.8) is 0 Å². The zero-order valence-electron chi connectivity index (χ0n) is 13.6. The third-order valence-corrected chi connectivity index (χ3v) is 4.11. The first-order valence-electron chi connectivity index (χ1n) is 7.93. The summed E-state index contributed by atoms with van der Waals surface area (Å²) in [6.45, 7) is 1.21. The summed E-state index contributed by atoms with van der Waals surface area (Å²) in [5.74, 6) is 0.518. The molecule has 0 aliphatic rings. The minimum atomic E-state index is -0.429. The molecule has 0 saturated heterocycles. The van der Waals surface area contributed by atoms with Gasteiger partial charge in [0.05, 0.1) is 5.02 Å². The summed E-state index contributed by atoms with van der Waals surface area (Å²) in [6.07, 6.45) is 2.46. The zero-order valence-corrected chi connectivity index (χ0v) is 14.3. The number of rotatable bonds is 6. The molecule has 25 heavy (non-hydrogen) atoms. The fraction of sp³-hybridized carbons (Fsp3) is 0.158. The lowest BCUT2D eigenvalue weighted by Crippen LogP contribution is -2.27. The second-order valence-electron chi connectivity index (χ2n) is 5.69. The topological polar surface area (TPSA) is 55.0 Å². The van der Waals surface area contributed by atoms with E-state index in [1.807, 2.05) is 23.1 Å². The monoisotopic (exact) mass is 356 g/mol. The van der Waals surface area contributed by atoms with Gasteiger partial charge in [0.25, 0.3) is 0 Å². The highest BCUT2D eigenvalue weighted by molar-refractivity contribution is 6.30. The van der Waals surface area contributed by atoms with Crippen LogP contribution in [0.3, 0.4) is 0 Å². The number of nitrogen functional groups attached to an aromatic ring is 1. The average Bonchev–Trinajstić information content (AvgIpc) is 2.62. The lowest BCUT2D eigenvalue weighted by Gasteiger charge is -2.23. The third-order valence-electron chi connectivity index (χ3n) is 3.82. The smallest absolute Gasteiger partial charge is 0.227 e. The van der Waals surface area contributed by atoms with Gasteiger partial charge in [0, 0.05) is 19.3 Å². The van der Waals surface area contributed by atoms with Crippen LogP contribution in [0.1, 0.15) is 11.1 Å². The van der Waals surface area contributed by atoms with Gasteiger partial charge >= 0.3 is 0 Å². The van der Waals surface area contributed by atoms with Crippen LogP contribution in [0, 0.1) is 5.82 Å². The standard InChI is InChI=1S/C19H18ClFN4/c20-16-12-15(6-7-17(16)21)13-25(19-23-10-8-18(22)24-19)11-9-14-4-2-1-3-5-14/h1-8,10,12H,9,11,13H2,(H2,22,23,24). The molecule has 3 aromatic rings. The molecule has 0 saturated carbocycles. The molecule has 0 aliphatic carbocycles. The Morgan fingerprint density at radius 1 is 1.04 bits per heavy atom. The first-order chi connectivity index (χ1) is 12.1. The molecule has 6 heteroatoms. The predicted molar refractivity (Wildman–Crippen MR) is 99.1 cm³/mol. The van der Waals surface area contributed by atoms with Gasteiger partial charge < -0.3 is 10.6 Å². The number of nitrogens with two attached hydrogens (primary N) is 1. The molecule has 0 atom stereocenters. The number of halogens is 2. The van der Waals surface area contributed by atoms with E-state index in [0.29, 0.717) is 24.9 Å². The van der Waals surface area contributed by atoms with Gasteiger partial charge in [0.1, 0.15) is 11.6 Å². The normalized spacial score (nSPS) is 10.6. The Morgan fingerprint density at radius 2 is 1.84 bits per heavy atom. The SMILES string of the molecule is Nc1ccnc(N(CCc2ccccc2)Cc2ccc(F)c(Cl)c2)n1. The summed E-state index contributed by atoms with van der Waals surface area (Å²) < 4.78 is 13.4. The van der Waals surface area contributed by atoms with Gasteiger partial charge in [-0.15, -0.1) is 0 Å². The van der Waals surface area contributed by atoms with Crippen LogP contribution in [0.2, 0.25) is 5.02 Å². The van der Waals surface area contributed by atoms with E-state index in [1.54, 1.807) is 24.4 Å². The Morgan fingerprint density at radius 3 is 2.56 bits per heavy atom. The van der Waals surface area contributed by atoms with Gasteiger partial charge in [0.2, 0.25) is 5.95 Å². The molecule has 128 valence electrons. The predicted octanol–water partition coefficient (Wildman–Crippen LogP) is 4.10. The summed E-state index contributed by atoms with van der Waals surface area (Å²) in [5, 5.41) is 0.106. The van der Waals surface area contributed by atoms with Crippen molar-refractivity contribution < 1.29 is 4.39 Å². The molecule has 0 aliphatic heterocycles. The van der Waals surface area contributed by atoms with E-state index in [4.69, 9.17) is 17.3 Å². The van der Waals surface area contributed by atoms with E-state index in [0.717, 1.165) is 12.0 Å². The van der Waals surface area contributed by atoms with Crippen molar-refractivity contribution in [3.05, 3.63) is 82.8 Å². The molecule has 0 radical (unpaired) electrons. The van der Waals surface area contributed by atoms with E-state index >= 15 is 0 Å². The Labute approximate surface area is 151 Å². The highest BCUT2D eigenvalue weighted by Crippen LogP contribution is 2.19. The van der Waals surface area contributed by atoms with E-state index in [2.05, 4.69) is 22.1 Å². The first kappa shape index (κ1) is 17.2. The molecule has 1 aromatic heterocycles. The third kappa shape index (κ3) is 4.67. The van der Waals surface area contributed by atoms with Crippen molar-refractivity contribution in [3.8, 4) is 0 Å². The van der Waals surface area contributed by atoms with Crippen molar-refractivity contribution in [2.45, 2.75) is 13.0 Å². The zero-order chi connectivity index (χ0) is 17.6. The Balaban J connectivity index is 1.81. The van der Waals surface area contributed by atoms with Crippen LogP contribution in [0.25, 0.3) is 0 Å². The van der Waals surface area contributed by atoms with Crippen molar-refractivity contribution in [2.24, 2.45) is 0 Å². The van der Waals surface area contributed by atoms with E-state index in [-0.39, 0.29) is 5.02 Å². The molecule has 3 rings (SSSR count). The van der Waals surface area contributed by atoms with Crippen LogP contribution in [0.4, 0.5) is 16.2 Å². The van der Waals surface area contributed by atoms with Crippen LogP contribution < -0.4 is 10.6 Å². The Bertz CT molecular complexity index is 842. The highest BCUT2D eigenvalue weighted by Gasteiger charge is 2.12. The van der Waals surface area contributed by atoms with Gasteiger partial charge in [-0.25, -0.2) is 9.37 Å². The van der Waals surface area contributed by atoms with Crippen LogP contribution >= 0.6 is 11.6 Å². The summed E-state index contributed by atoms with van der Waals surface area (Å²) in [4.78, 5) is 10.6. The molecule has 0 spiro atoms. The minimum Gasteiger partial charge on any atom is -0.384 e. The maximum Gasteiger partial charge on any atom is 0.227 e. The fourth-order valence-corrected chi connectivity index (χ4v) is 2.73. The number of hydrogen-bond acceptors (Lipinski definition) is 4. The van der Waals surface area contributed by atoms with Crippen LogP contribution in [0.15, 0.2) is 60.8 Å². The Kier molecular flexibility index (Phi) is 5.46. The molecule has 2 N–H and O–H groups in total. The quantitative estimate of drug-likeness (QED) is 0.722. The molecular weight excluding hydrogens is 339 g/mol. The minimum absolute atomic E-state index is 0.106. The lowest BCUT2D eigenvalue weighted by atomic mass is 10.1. The second-order valence-corrected chi connectivity index (χ2v) is 6.09. The van der Waals surface area contributed by atoms with Crippen LogP contribution in [0.5, 0.6) is 0 Å². The molecule has 0 bridgehead atoms. The molecule has 1 heterocycles. The Hall–Kier alpha value is -2.66. The average molecular weight is 357 g/mol. The van der Waals surface area contributed by atoms with Crippen molar-refractivity contribution in [2.75, 3.05) is 17.2 Å². The van der Waals surface area contributed by atoms with E-state index in [9.17, 15) is 4.39 Å². The van der Waals surface area contributed by atoms with E-state index < -0.39 is 5.82 Å². The van der Waals surface area contributed by atoms with Crippen molar-refractivity contribution in [1.29, 1.82) is 0 Å². The number of hydrogen-bond donors (Lipinski definition) is 1. The maximum atomic E-state index is 13.4. The summed E-state index contributed by atoms with van der Waals surface area (Å²) in [6, 6.07) is 16.5. The molecule has 0 unspecified atom stereocenters. The first-order valence-corrected chi connectivity index (χ1v) is 8.31.